The molecule has 0 unspecified atom stereocenters. The van der Waals surface area contributed by atoms with E-state index in [1.807, 2.05) is 12.1 Å². The topological polar surface area (TPSA) is 62.3 Å². The van der Waals surface area contributed by atoms with Crippen LogP contribution in [0.25, 0.3) is 10.9 Å². The molecule has 0 aliphatic heterocycles. The van der Waals surface area contributed by atoms with Crippen LogP contribution in [0, 0.1) is 17.5 Å². The Morgan fingerprint density at radius 1 is 1.04 bits per heavy atom. The van der Waals surface area contributed by atoms with Gasteiger partial charge in [0.05, 0.1) is 16.9 Å². The van der Waals surface area contributed by atoms with Crippen LogP contribution in [0.3, 0.4) is 0 Å². The van der Waals surface area contributed by atoms with E-state index < -0.39 is 29.0 Å². The number of benzene rings is 2. The van der Waals surface area contributed by atoms with Gasteiger partial charge in [-0.15, -0.1) is 0 Å². The quantitative estimate of drug-likeness (QED) is 0.673. The molecule has 0 spiro atoms. The largest absolute Gasteiger partial charge is 0.323 e. The van der Waals surface area contributed by atoms with Gasteiger partial charge in [-0.3, -0.25) is 14.6 Å². The standard InChI is InChI=1S/C20H16F3N3O2/c1-12(27)26(16-6-2-4-13-5-3-10-24-20(13)16)11-9-17(28)25-15-8-7-14(21)18(22)19(15)23/h2-8,10H,9,11H2,1H3,(H,25,28). The lowest BCUT2D eigenvalue weighted by molar-refractivity contribution is -0.117. The maximum absolute atomic E-state index is 13.7. The first-order valence-corrected chi connectivity index (χ1v) is 8.43. The number of fused-ring (bicyclic) bond motifs is 1. The maximum Gasteiger partial charge on any atom is 0.226 e. The van der Waals surface area contributed by atoms with Gasteiger partial charge >= 0.3 is 0 Å². The number of carbonyl (C=O) groups is 2. The SMILES string of the molecule is CC(=O)N(CCC(=O)Nc1ccc(F)c(F)c1F)c1cccc2cccnc12. The Morgan fingerprint density at radius 3 is 2.54 bits per heavy atom. The van der Waals surface area contributed by atoms with Gasteiger partial charge in [-0.25, -0.2) is 13.2 Å². The Morgan fingerprint density at radius 2 is 1.79 bits per heavy atom. The molecule has 0 atom stereocenters. The molecule has 2 amide bonds. The van der Waals surface area contributed by atoms with E-state index >= 15 is 0 Å². The highest BCUT2D eigenvalue weighted by Crippen LogP contribution is 2.25. The summed E-state index contributed by atoms with van der Waals surface area (Å²) in [5.41, 5.74) is 0.676. The van der Waals surface area contributed by atoms with E-state index in [2.05, 4.69) is 10.3 Å². The number of aromatic nitrogens is 1. The molecule has 1 N–H and O–H groups in total. The van der Waals surface area contributed by atoms with Gasteiger partial charge in [0.15, 0.2) is 17.5 Å². The molecular weight excluding hydrogens is 371 g/mol. The first kappa shape index (κ1) is 19.3. The lowest BCUT2D eigenvalue weighted by Gasteiger charge is -2.22. The minimum absolute atomic E-state index is 0.00213. The van der Waals surface area contributed by atoms with Gasteiger partial charge in [0.2, 0.25) is 11.8 Å². The van der Waals surface area contributed by atoms with Crippen LogP contribution >= 0.6 is 0 Å². The van der Waals surface area contributed by atoms with E-state index in [0.717, 1.165) is 17.5 Å². The molecule has 0 saturated heterocycles. The molecule has 0 aliphatic rings. The van der Waals surface area contributed by atoms with Crippen molar-refractivity contribution in [2.24, 2.45) is 0 Å². The van der Waals surface area contributed by atoms with Crippen LogP contribution in [-0.4, -0.2) is 23.3 Å². The highest BCUT2D eigenvalue weighted by Gasteiger charge is 2.18. The molecule has 3 aromatic rings. The fourth-order valence-electron chi connectivity index (χ4n) is 2.80. The lowest BCUT2D eigenvalue weighted by atomic mass is 10.1. The van der Waals surface area contributed by atoms with Crippen LogP contribution in [0.2, 0.25) is 0 Å². The first-order valence-electron chi connectivity index (χ1n) is 8.43. The predicted molar refractivity (Wildman–Crippen MR) is 99.3 cm³/mol. The first-order chi connectivity index (χ1) is 13.4. The van der Waals surface area contributed by atoms with E-state index in [9.17, 15) is 22.8 Å². The zero-order valence-corrected chi connectivity index (χ0v) is 14.9. The molecule has 0 saturated carbocycles. The number of nitrogens with one attached hydrogen (secondary N) is 1. The molecule has 5 nitrogen and oxygen atoms in total. The highest BCUT2D eigenvalue weighted by atomic mass is 19.2. The number of pyridine rings is 1. The monoisotopic (exact) mass is 387 g/mol. The molecule has 2 aromatic carbocycles. The smallest absolute Gasteiger partial charge is 0.226 e. The summed E-state index contributed by atoms with van der Waals surface area (Å²) in [7, 11) is 0. The van der Waals surface area contributed by atoms with Gasteiger partial charge in [-0.1, -0.05) is 18.2 Å². The van der Waals surface area contributed by atoms with E-state index in [1.165, 1.54) is 11.8 Å². The lowest BCUT2D eigenvalue weighted by Crippen LogP contribution is -2.32. The number of hydrogen-bond donors (Lipinski definition) is 1. The van der Waals surface area contributed by atoms with Crippen LogP contribution in [0.15, 0.2) is 48.7 Å². The molecule has 28 heavy (non-hydrogen) atoms. The van der Waals surface area contributed by atoms with Crippen molar-refractivity contribution in [1.82, 2.24) is 4.98 Å². The Bertz CT molecular complexity index is 1050. The molecule has 0 fully saturated rings. The van der Waals surface area contributed by atoms with Crippen molar-refractivity contribution in [2.75, 3.05) is 16.8 Å². The fourth-order valence-corrected chi connectivity index (χ4v) is 2.80. The van der Waals surface area contributed by atoms with Gasteiger partial charge in [-0.2, -0.15) is 0 Å². The van der Waals surface area contributed by atoms with Crippen molar-refractivity contribution in [3.05, 3.63) is 66.1 Å². The van der Waals surface area contributed by atoms with Crippen LogP contribution in [0.5, 0.6) is 0 Å². The second-order valence-electron chi connectivity index (χ2n) is 6.04. The molecule has 1 heterocycles. The zero-order chi connectivity index (χ0) is 20.3. The van der Waals surface area contributed by atoms with Crippen LogP contribution < -0.4 is 10.2 Å². The predicted octanol–water partition coefficient (Wildman–Crippen LogP) is 4.03. The van der Waals surface area contributed by atoms with E-state index in [0.29, 0.717) is 11.2 Å². The summed E-state index contributed by atoms with van der Waals surface area (Å²) >= 11 is 0. The molecule has 0 bridgehead atoms. The van der Waals surface area contributed by atoms with Crippen molar-refractivity contribution in [3.8, 4) is 0 Å². The Hall–Kier alpha value is -3.42. The highest BCUT2D eigenvalue weighted by molar-refractivity contribution is 6.01. The van der Waals surface area contributed by atoms with Gasteiger partial charge in [0, 0.05) is 31.5 Å². The number of carbonyl (C=O) groups excluding carboxylic acids is 2. The van der Waals surface area contributed by atoms with E-state index in [-0.39, 0.29) is 18.9 Å². The van der Waals surface area contributed by atoms with Crippen molar-refractivity contribution in [3.63, 3.8) is 0 Å². The molecule has 0 aliphatic carbocycles. The Kier molecular flexibility index (Phi) is 5.58. The van der Waals surface area contributed by atoms with E-state index in [4.69, 9.17) is 0 Å². The normalized spacial score (nSPS) is 10.7. The zero-order valence-electron chi connectivity index (χ0n) is 14.9. The molecule has 3 rings (SSSR count). The minimum atomic E-state index is -1.66. The van der Waals surface area contributed by atoms with Crippen LogP contribution in [0.4, 0.5) is 24.5 Å². The Labute approximate surface area is 158 Å². The summed E-state index contributed by atoms with van der Waals surface area (Å²) in [6.45, 7) is 1.36. The summed E-state index contributed by atoms with van der Waals surface area (Å²) in [6, 6.07) is 10.6. The molecule has 0 radical (unpaired) electrons. The average molecular weight is 387 g/mol. The van der Waals surface area contributed by atoms with Crippen molar-refractivity contribution >= 4 is 34.1 Å². The fraction of sp³-hybridized carbons (Fsp3) is 0.150. The molecule has 1 aromatic heterocycles. The van der Waals surface area contributed by atoms with Crippen LogP contribution in [0.1, 0.15) is 13.3 Å². The second-order valence-corrected chi connectivity index (χ2v) is 6.04. The van der Waals surface area contributed by atoms with Gasteiger partial charge in [0.25, 0.3) is 0 Å². The van der Waals surface area contributed by atoms with Crippen molar-refractivity contribution < 1.29 is 22.8 Å². The van der Waals surface area contributed by atoms with Gasteiger partial charge in [-0.05, 0) is 24.3 Å². The number of halogens is 3. The maximum atomic E-state index is 13.7. The summed E-state index contributed by atoms with van der Waals surface area (Å²) < 4.78 is 39.9. The van der Waals surface area contributed by atoms with Crippen LogP contribution in [-0.2, 0) is 9.59 Å². The van der Waals surface area contributed by atoms with Crippen molar-refractivity contribution in [2.45, 2.75) is 13.3 Å². The number of nitrogens with zero attached hydrogens (tertiary/aromatic N) is 2. The number of amides is 2. The van der Waals surface area contributed by atoms with E-state index in [1.54, 1.807) is 24.4 Å². The minimum Gasteiger partial charge on any atom is -0.323 e. The number of para-hydroxylation sites is 1. The summed E-state index contributed by atoms with van der Waals surface area (Å²) in [4.78, 5) is 29.9. The molecule has 144 valence electrons. The third-order valence-corrected chi connectivity index (χ3v) is 4.15. The third kappa shape index (κ3) is 3.95. The Balaban J connectivity index is 1.76. The number of anilines is 2. The number of rotatable bonds is 5. The summed E-state index contributed by atoms with van der Waals surface area (Å²) in [5.74, 6) is -5.43. The number of hydrogen-bond acceptors (Lipinski definition) is 3. The molecule has 8 heteroatoms. The summed E-state index contributed by atoms with van der Waals surface area (Å²) in [6.07, 6.45) is 1.42. The van der Waals surface area contributed by atoms with Gasteiger partial charge < -0.3 is 10.2 Å². The van der Waals surface area contributed by atoms with Gasteiger partial charge in [0.1, 0.15) is 0 Å². The molecular formula is C20H16F3N3O2. The third-order valence-electron chi connectivity index (χ3n) is 4.15. The average Bonchev–Trinajstić information content (AvgIpc) is 2.68. The summed E-state index contributed by atoms with van der Waals surface area (Å²) in [5, 5.41) is 3.02. The second kappa shape index (κ2) is 8.08. The van der Waals surface area contributed by atoms with Crippen molar-refractivity contribution in [1.29, 1.82) is 0 Å².